The summed E-state index contributed by atoms with van der Waals surface area (Å²) in [6.07, 6.45) is 0.718. The van der Waals surface area contributed by atoms with Crippen LogP contribution in [0.3, 0.4) is 0 Å². The van der Waals surface area contributed by atoms with E-state index in [9.17, 15) is 9.59 Å². The third-order valence-electron chi connectivity index (χ3n) is 4.65. The molecule has 0 radical (unpaired) electrons. The van der Waals surface area contributed by atoms with Gasteiger partial charge in [0.1, 0.15) is 11.5 Å². The Kier molecular flexibility index (Phi) is 7.04. The topological polar surface area (TPSA) is 76.4 Å². The number of rotatable bonds is 5. The van der Waals surface area contributed by atoms with Crippen molar-refractivity contribution in [3.05, 3.63) is 59.7 Å². The first-order valence-corrected chi connectivity index (χ1v) is 9.93. The van der Waals surface area contributed by atoms with Gasteiger partial charge < -0.3 is 9.47 Å². The molecule has 0 aliphatic heterocycles. The van der Waals surface area contributed by atoms with Gasteiger partial charge in [-0.05, 0) is 65.8 Å². The van der Waals surface area contributed by atoms with Crippen LogP contribution < -0.4 is 9.47 Å². The lowest BCUT2D eigenvalue weighted by Crippen LogP contribution is -2.35. The number of carbonyl (C=O) groups is 2. The Hall–Kier alpha value is -3.13. The Balaban J connectivity index is 2.04. The van der Waals surface area contributed by atoms with E-state index in [1.54, 1.807) is 48.5 Å². The zero-order valence-electron chi connectivity index (χ0n) is 18.5. The molecule has 0 saturated heterocycles. The molecule has 0 aliphatic carbocycles. The van der Waals surface area contributed by atoms with E-state index in [2.05, 4.69) is 20.8 Å². The second-order valence-electron chi connectivity index (χ2n) is 9.65. The molecule has 0 N–H and O–H groups in total. The Labute approximate surface area is 178 Å². The highest BCUT2D eigenvalue weighted by Crippen LogP contribution is 2.37. The van der Waals surface area contributed by atoms with E-state index in [1.807, 2.05) is 26.8 Å². The number of esters is 2. The van der Waals surface area contributed by atoms with E-state index < -0.39 is 5.97 Å². The van der Waals surface area contributed by atoms with E-state index in [0.29, 0.717) is 22.6 Å². The zero-order valence-corrected chi connectivity index (χ0v) is 18.5. The molecule has 5 nitrogen and oxygen atoms in total. The third-order valence-corrected chi connectivity index (χ3v) is 4.65. The van der Waals surface area contributed by atoms with Crippen LogP contribution in [0.15, 0.2) is 48.5 Å². The highest BCUT2D eigenvalue weighted by atomic mass is 16.5. The van der Waals surface area contributed by atoms with Gasteiger partial charge in [-0.1, -0.05) is 41.5 Å². The molecule has 0 aliphatic rings. The highest BCUT2D eigenvalue weighted by molar-refractivity contribution is 5.91. The largest absolute Gasteiger partial charge is 0.426 e. The summed E-state index contributed by atoms with van der Waals surface area (Å²) >= 11 is 0. The number of hydrogen-bond donors (Lipinski definition) is 0. The average molecular weight is 408 g/mol. The second-order valence-corrected chi connectivity index (χ2v) is 9.65. The molecule has 158 valence electrons. The van der Waals surface area contributed by atoms with Crippen LogP contribution in [-0.2, 0) is 4.79 Å². The van der Waals surface area contributed by atoms with Gasteiger partial charge in [-0.15, -0.1) is 0 Å². The molecular formula is C25H29NO4. The normalized spacial score (nSPS) is 12.6. The van der Waals surface area contributed by atoms with E-state index in [1.165, 1.54) is 0 Å². The van der Waals surface area contributed by atoms with Gasteiger partial charge in [0.25, 0.3) is 0 Å². The number of nitrogens with zero attached hydrogens (tertiary/aromatic N) is 1. The van der Waals surface area contributed by atoms with Crippen molar-refractivity contribution in [3.8, 4) is 17.6 Å². The molecule has 0 amide bonds. The maximum Gasteiger partial charge on any atom is 0.343 e. The lowest BCUT2D eigenvalue weighted by atomic mass is 9.72. The van der Waals surface area contributed by atoms with Crippen molar-refractivity contribution in [2.45, 2.75) is 48.0 Å². The molecule has 0 bridgehead atoms. The van der Waals surface area contributed by atoms with E-state index in [4.69, 9.17) is 14.7 Å². The van der Waals surface area contributed by atoms with E-state index in [-0.39, 0.29) is 22.7 Å². The summed E-state index contributed by atoms with van der Waals surface area (Å²) in [5, 5.41) is 8.82. The molecule has 0 spiro atoms. The molecule has 2 rings (SSSR count). The summed E-state index contributed by atoms with van der Waals surface area (Å²) in [4.78, 5) is 25.0. The molecule has 5 heteroatoms. The number of benzene rings is 2. The lowest BCUT2D eigenvalue weighted by Gasteiger charge is -2.33. The molecule has 30 heavy (non-hydrogen) atoms. The number of nitriles is 1. The van der Waals surface area contributed by atoms with E-state index >= 15 is 0 Å². The first-order valence-electron chi connectivity index (χ1n) is 9.93. The van der Waals surface area contributed by atoms with Crippen molar-refractivity contribution in [1.29, 1.82) is 5.26 Å². The summed E-state index contributed by atoms with van der Waals surface area (Å²) < 4.78 is 10.9. The molecule has 1 unspecified atom stereocenters. The summed E-state index contributed by atoms with van der Waals surface area (Å²) in [5.74, 6) is -0.291. The van der Waals surface area contributed by atoms with Crippen molar-refractivity contribution in [1.82, 2.24) is 0 Å². The van der Waals surface area contributed by atoms with Gasteiger partial charge in [0.2, 0.25) is 0 Å². The van der Waals surface area contributed by atoms with Crippen molar-refractivity contribution in [2.24, 2.45) is 16.7 Å². The quantitative estimate of drug-likeness (QED) is 0.464. The molecule has 2 aromatic rings. The lowest BCUT2D eigenvalue weighted by molar-refractivity contribution is -0.144. The van der Waals surface area contributed by atoms with Crippen LogP contribution >= 0.6 is 0 Å². The Morgan fingerprint density at radius 2 is 1.37 bits per heavy atom. The Bertz CT molecular complexity index is 924. The number of carbonyl (C=O) groups excluding carboxylic acids is 2. The van der Waals surface area contributed by atoms with E-state index in [0.717, 1.165) is 6.42 Å². The maximum atomic E-state index is 12.8. The minimum Gasteiger partial charge on any atom is -0.426 e. The van der Waals surface area contributed by atoms with Gasteiger partial charge in [-0.2, -0.15) is 5.26 Å². The molecule has 0 aromatic heterocycles. The minimum absolute atomic E-state index is 0.000464. The monoisotopic (exact) mass is 407 g/mol. The van der Waals surface area contributed by atoms with Crippen LogP contribution in [0.2, 0.25) is 0 Å². The van der Waals surface area contributed by atoms with Crippen molar-refractivity contribution in [2.75, 3.05) is 0 Å². The number of ether oxygens (including phenoxy) is 2. The van der Waals surface area contributed by atoms with Crippen molar-refractivity contribution in [3.63, 3.8) is 0 Å². The van der Waals surface area contributed by atoms with Gasteiger partial charge in [0.15, 0.2) is 0 Å². The standard InChI is InChI=1S/C25H29NO4/c1-24(2,3)15-21(25(4,5)6)23(28)30-20-13-11-19(12-14-20)29-22(27)18-9-7-17(16-26)8-10-18/h7-14,21H,15H2,1-6H3. The summed E-state index contributed by atoms with van der Waals surface area (Å²) in [5.41, 5.74) is 0.596. The zero-order chi connectivity index (χ0) is 22.5. The second kappa shape index (κ2) is 9.13. The first kappa shape index (κ1) is 23.2. The van der Waals surface area contributed by atoms with Crippen LogP contribution in [0.25, 0.3) is 0 Å². The average Bonchev–Trinajstić information content (AvgIpc) is 2.66. The summed E-state index contributed by atoms with van der Waals surface area (Å²) in [6, 6.07) is 14.6. The predicted molar refractivity (Wildman–Crippen MR) is 115 cm³/mol. The molecule has 0 fully saturated rings. The molecular weight excluding hydrogens is 378 g/mol. The fraction of sp³-hybridized carbons (Fsp3) is 0.400. The van der Waals surface area contributed by atoms with Crippen molar-refractivity contribution < 1.29 is 19.1 Å². The Morgan fingerprint density at radius 1 is 0.867 bits per heavy atom. The maximum absolute atomic E-state index is 12.8. The highest BCUT2D eigenvalue weighted by Gasteiger charge is 2.36. The Morgan fingerprint density at radius 3 is 1.80 bits per heavy atom. The van der Waals surface area contributed by atoms with Gasteiger partial charge in [-0.3, -0.25) is 4.79 Å². The smallest absolute Gasteiger partial charge is 0.343 e. The fourth-order valence-electron chi connectivity index (χ4n) is 2.97. The summed E-state index contributed by atoms with van der Waals surface area (Å²) in [7, 11) is 0. The minimum atomic E-state index is -0.526. The fourth-order valence-corrected chi connectivity index (χ4v) is 2.97. The van der Waals surface area contributed by atoms with Crippen LogP contribution in [0, 0.1) is 28.1 Å². The molecule has 0 heterocycles. The SMILES string of the molecule is CC(C)(C)CC(C(=O)Oc1ccc(OC(=O)c2ccc(C#N)cc2)cc1)C(C)(C)C. The predicted octanol–water partition coefficient (Wildman–Crippen LogP) is 5.78. The summed E-state index contributed by atoms with van der Waals surface area (Å²) in [6.45, 7) is 12.4. The van der Waals surface area contributed by atoms with Gasteiger partial charge >= 0.3 is 11.9 Å². The third kappa shape index (κ3) is 6.73. The van der Waals surface area contributed by atoms with Crippen LogP contribution in [-0.4, -0.2) is 11.9 Å². The molecule has 1 atom stereocenters. The first-order chi connectivity index (χ1) is 13.9. The molecule has 2 aromatic carbocycles. The van der Waals surface area contributed by atoms with Gasteiger partial charge in [0.05, 0.1) is 23.1 Å². The van der Waals surface area contributed by atoms with Crippen LogP contribution in [0.1, 0.15) is 63.9 Å². The molecule has 0 saturated carbocycles. The van der Waals surface area contributed by atoms with Crippen LogP contribution in [0.5, 0.6) is 11.5 Å². The van der Waals surface area contributed by atoms with Crippen LogP contribution in [0.4, 0.5) is 0 Å². The van der Waals surface area contributed by atoms with Gasteiger partial charge in [-0.25, -0.2) is 4.79 Å². The van der Waals surface area contributed by atoms with Crippen molar-refractivity contribution >= 4 is 11.9 Å². The van der Waals surface area contributed by atoms with Gasteiger partial charge in [0, 0.05) is 0 Å². The number of hydrogen-bond acceptors (Lipinski definition) is 5.